The van der Waals surface area contributed by atoms with Crippen LogP contribution in [0.15, 0.2) is 35.7 Å². The van der Waals surface area contributed by atoms with E-state index < -0.39 is 0 Å². The first-order chi connectivity index (χ1) is 9.35. The molecule has 0 bridgehead atoms. The monoisotopic (exact) mass is 291 g/mol. The van der Waals surface area contributed by atoms with Crippen molar-refractivity contribution in [2.45, 2.75) is 37.5 Å². The summed E-state index contributed by atoms with van der Waals surface area (Å²) in [6, 6.07) is 10.9. The summed E-state index contributed by atoms with van der Waals surface area (Å²) in [5.74, 6) is 0.719. The lowest BCUT2D eigenvalue weighted by atomic mass is 9.65. The molecule has 100 valence electrons. The lowest BCUT2D eigenvalue weighted by Crippen LogP contribution is -2.35. The predicted molar refractivity (Wildman–Crippen MR) is 82.2 cm³/mol. The second kappa shape index (κ2) is 5.64. The third kappa shape index (κ3) is 2.44. The molecule has 0 radical (unpaired) electrons. The van der Waals surface area contributed by atoms with Crippen LogP contribution in [0.3, 0.4) is 0 Å². The van der Waals surface area contributed by atoms with Gasteiger partial charge in [0.2, 0.25) is 0 Å². The summed E-state index contributed by atoms with van der Waals surface area (Å²) in [5.41, 5.74) is 2.84. The minimum Gasteiger partial charge on any atom is -0.245 e. The summed E-state index contributed by atoms with van der Waals surface area (Å²) in [6.45, 7) is 0. The van der Waals surface area contributed by atoms with Crippen molar-refractivity contribution in [3.8, 4) is 0 Å². The Labute approximate surface area is 123 Å². The number of aryl methyl sites for hydroxylation is 1. The van der Waals surface area contributed by atoms with Crippen LogP contribution in [0.1, 0.15) is 41.9 Å². The van der Waals surface area contributed by atoms with Gasteiger partial charge in [-0.25, -0.2) is 4.98 Å². The van der Waals surface area contributed by atoms with E-state index in [1.54, 1.807) is 0 Å². The van der Waals surface area contributed by atoms with E-state index in [1.165, 1.54) is 35.5 Å². The zero-order valence-corrected chi connectivity index (χ0v) is 12.5. The SMILES string of the molecule is ClCCCc1csc(C2(c3ccccc3)CCC2)n1. The molecule has 1 saturated carbocycles. The standard InChI is InChI=1S/C16H18ClNS/c17-11-4-8-14-12-19-15(18-14)16(9-5-10-16)13-6-2-1-3-7-13/h1-3,6-7,12H,4-5,8-11H2. The van der Waals surface area contributed by atoms with Gasteiger partial charge in [0.1, 0.15) is 5.01 Å². The minimum absolute atomic E-state index is 0.200. The third-order valence-electron chi connectivity index (χ3n) is 4.06. The molecular weight excluding hydrogens is 274 g/mol. The highest BCUT2D eigenvalue weighted by molar-refractivity contribution is 7.09. The summed E-state index contributed by atoms with van der Waals surface area (Å²) < 4.78 is 0. The highest BCUT2D eigenvalue weighted by Gasteiger charge is 2.42. The molecule has 0 amide bonds. The van der Waals surface area contributed by atoms with E-state index in [-0.39, 0.29) is 5.41 Å². The fourth-order valence-electron chi connectivity index (χ4n) is 2.80. The van der Waals surface area contributed by atoms with Gasteiger partial charge in [0.05, 0.1) is 5.69 Å². The number of halogens is 1. The molecular formula is C16H18ClNS. The van der Waals surface area contributed by atoms with Crippen molar-refractivity contribution in [3.05, 3.63) is 52.0 Å². The Morgan fingerprint density at radius 1 is 1.21 bits per heavy atom. The van der Waals surface area contributed by atoms with Gasteiger partial charge in [0.25, 0.3) is 0 Å². The zero-order valence-electron chi connectivity index (χ0n) is 10.9. The van der Waals surface area contributed by atoms with Crippen molar-refractivity contribution >= 4 is 22.9 Å². The number of thiazole rings is 1. The van der Waals surface area contributed by atoms with Crippen LogP contribution in [0, 0.1) is 0 Å². The average molecular weight is 292 g/mol. The smallest absolute Gasteiger partial charge is 0.103 e. The topological polar surface area (TPSA) is 12.9 Å². The van der Waals surface area contributed by atoms with Crippen molar-refractivity contribution in [1.29, 1.82) is 0 Å². The molecule has 1 fully saturated rings. The van der Waals surface area contributed by atoms with E-state index in [0.29, 0.717) is 0 Å². The number of alkyl halides is 1. The first-order valence-electron chi connectivity index (χ1n) is 6.91. The van der Waals surface area contributed by atoms with E-state index in [9.17, 15) is 0 Å². The van der Waals surface area contributed by atoms with Gasteiger partial charge in [0, 0.05) is 16.7 Å². The fraction of sp³-hybridized carbons (Fsp3) is 0.438. The Morgan fingerprint density at radius 2 is 2.00 bits per heavy atom. The van der Waals surface area contributed by atoms with Crippen molar-refractivity contribution in [2.75, 3.05) is 5.88 Å². The second-order valence-corrected chi connectivity index (χ2v) is 6.47. The molecule has 0 atom stereocenters. The number of hydrogen-bond donors (Lipinski definition) is 0. The predicted octanol–water partition coefficient (Wildman–Crippen LogP) is 4.78. The molecule has 0 spiro atoms. The van der Waals surface area contributed by atoms with Crippen LogP contribution in [0.25, 0.3) is 0 Å². The second-order valence-electron chi connectivity index (χ2n) is 5.24. The lowest BCUT2D eigenvalue weighted by Gasteiger charge is -2.40. The van der Waals surface area contributed by atoms with Crippen LogP contribution in [0.4, 0.5) is 0 Å². The number of benzene rings is 1. The summed E-state index contributed by atoms with van der Waals surface area (Å²) in [7, 11) is 0. The molecule has 1 aliphatic rings. The summed E-state index contributed by atoms with van der Waals surface area (Å²) in [6.07, 6.45) is 5.80. The van der Waals surface area contributed by atoms with Crippen LogP contribution in [-0.4, -0.2) is 10.9 Å². The van der Waals surface area contributed by atoms with Crippen molar-refractivity contribution in [2.24, 2.45) is 0 Å². The Kier molecular flexibility index (Phi) is 3.90. The maximum Gasteiger partial charge on any atom is 0.103 e. The van der Waals surface area contributed by atoms with Gasteiger partial charge < -0.3 is 0 Å². The van der Waals surface area contributed by atoms with E-state index in [4.69, 9.17) is 16.6 Å². The Balaban J connectivity index is 1.88. The van der Waals surface area contributed by atoms with Crippen molar-refractivity contribution < 1.29 is 0 Å². The van der Waals surface area contributed by atoms with E-state index in [1.807, 2.05) is 11.3 Å². The number of rotatable bonds is 5. The zero-order chi connectivity index (χ0) is 13.1. The molecule has 19 heavy (non-hydrogen) atoms. The Morgan fingerprint density at radius 3 is 2.63 bits per heavy atom. The third-order valence-corrected chi connectivity index (χ3v) is 5.42. The van der Waals surface area contributed by atoms with E-state index in [0.717, 1.165) is 18.7 Å². The van der Waals surface area contributed by atoms with Crippen molar-refractivity contribution in [1.82, 2.24) is 4.98 Å². The van der Waals surface area contributed by atoms with Gasteiger partial charge in [-0.1, -0.05) is 36.8 Å². The molecule has 1 heterocycles. The molecule has 0 aliphatic heterocycles. The van der Waals surface area contributed by atoms with Crippen LogP contribution in [-0.2, 0) is 11.8 Å². The maximum atomic E-state index is 5.76. The summed E-state index contributed by atoms with van der Waals surface area (Å²) in [4.78, 5) is 4.88. The average Bonchev–Trinajstić information content (AvgIpc) is 2.85. The van der Waals surface area contributed by atoms with Gasteiger partial charge in [-0.2, -0.15) is 0 Å². The van der Waals surface area contributed by atoms with Crippen LogP contribution in [0.5, 0.6) is 0 Å². The number of aromatic nitrogens is 1. The summed E-state index contributed by atoms with van der Waals surface area (Å²) in [5, 5.41) is 3.51. The first kappa shape index (κ1) is 13.1. The quantitative estimate of drug-likeness (QED) is 0.722. The van der Waals surface area contributed by atoms with Gasteiger partial charge >= 0.3 is 0 Å². The van der Waals surface area contributed by atoms with Gasteiger partial charge in [-0.15, -0.1) is 22.9 Å². The lowest BCUT2D eigenvalue weighted by molar-refractivity contribution is 0.300. The molecule has 0 N–H and O–H groups in total. The Hall–Kier alpha value is -0.860. The molecule has 2 aromatic rings. The van der Waals surface area contributed by atoms with Crippen molar-refractivity contribution in [3.63, 3.8) is 0 Å². The van der Waals surface area contributed by atoms with Crippen LogP contribution in [0.2, 0.25) is 0 Å². The molecule has 3 heteroatoms. The van der Waals surface area contributed by atoms with E-state index >= 15 is 0 Å². The molecule has 1 aromatic carbocycles. The van der Waals surface area contributed by atoms with Gasteiger partial charge in [0.15, 0.2) is 0 Å². The number of hydrogen-bond acceptors (Lipinski definition) is 2. The van der Waals surface area contributed by atoms with E-state index in [2.05, 4.69) is 35.7 Å². The van der Waals surface area contributed by atoms with Crippen LogP contribution < -0.4 is 0 Å². The molecule has 1 aromatic heterocycles. The molecule has 1 nitrogen and oxygen atoms in total. The molecule has 3 rings (SSSR count). The largest absolute Gasteiger partial charge is 0.245 e. The maximum absolute atomic E-state index is 5.76. The minimum atomic E-state index is 0.200. The Bertz CT molecular complexity index is 531. The van der Waals surface area contributed by atoms with Gasteiger partial charge in [-0.3, -0.25) is 0 Å². The first-order valence-corrected chi connectivity index (χ1v) is 8.33. The summed E-state index contributed by atoms with van der Waals surface area (Å²) >= 11 is 7.58. The molecule has 0 unspecified atom stereocenters. The normalized spacial score (nSPS) is 17.1. The highest BCUT2D eigenvalue weighted by Crippen LogP contribution is 2.49. The molecule has 0 saturated heterocycles. The molecule has 1 aliphatic carbocycles. The van der Waals surface area contributed by atoms with Crippen LogP contribution >= 0.6 is 22.9 Å². The van der Waals surface area contributed by atoms with Gasteiger partial charge in [-0.05, 0) is 31.2 Å². The number of nitrogens with zero attached hydrogens (tertiary/aromatic N) is 1. The highest BCUT2D eigenvalue weighted by atomic mass is 35.5. The fourth-order valence-corrected chi connectivity index (χ4v) is 4.07.